The third kappa shape index (κ3) is 4.28. The summed E-state index contributed by atoms with van der Waals surface area (Å²) >= 11 is 1.60. The van der Waals surface area contributed by atoms with Gasteiger partial charge in [-0.1, -0.05) is 44.2 Å². The molecule has 0 aliphatic heterocycles. The maximum absolute atomic E-state index is 12.1. The van der Waals surface area contributed by atoms with Crippen molar-refractivity contribution >= 4 is 23.4 Å². The highest BCUT2D eigenvalue weighted by atomic mass is 32.2. The smallest absolute Gasteiger partial charge is 0.262 e. The van der Waals surface area contributed by atoms with Crippen LogP contribution in [-0.4, -0.2) is 18.8 Å². The summed E-state index contributed by atoms with van der Waals surface area (Å²) in [5, 5.41) is 2.90. The van der Waals surface area contributed by atoms with E-state index in [9.17, 15) is 4.79 Å². The molecule has 0 aromatic heterocycles. The number of thioether (sulfide) groups is 1. The van der Waals surface area contributed by atoms with E-state index in [2.05, 4.69) is 19.2 Å². The van der Waals surface area contributed by atoms with Crippen molar-refractivity contribution in [2.75, 3.05) is 18.2 Å². The van der Waals surface area contributed by atoms with Gasteiger partial charge in [-0.2, -0.15) is 0 Å². The zero-order chi connectivity index (χ0) is 15.9. The number of benzene rings is 2. The molecule has 0 unspecified atom stereocenters. The van der Waals surface area contributed by atoms with Crippen molar-refractivity contribution in [2.24, 2.45) is 0 Å². The van der Waals surface area contributed by atoms with Gasteiger partial charge in [0.05, 0.1) is 5.69 Å². The Kier molecular flexibility index (Phi) is 5.90. The van der Waals surface area contributed by atoms with E-state index in [1.54, 1.807) is 11.8 Å². The van der Waals surface area contributed by atoms with E-state index in [-0.39, 0.29) is 12.5 Å². The van der Waals surface area contributed by atoms with Crippen molar-refractivity contribution in [1.82, 2.24) is 0 Å². The van der Waals surface area contributed by atoms with Gasteiger partial charge in [-0.15, -0.1) is 11.8 Å². The molecule has 0 saturated carbocycles. The summed E-state index contributed by atoms with van der Waals surface area (Å²) in [5.74, 6) is 0.974. The molecule has 2 rings (SSSR count). The van der Waals surface area contributed by atoms with Crippen molar-refractivity contribution < 1.29 is 9.53 Å². The SMILES string of the molecule is CSc1ccccc1NC(=O)COc1ccccc1C(C)C. The molecule has 4 heteroatoms. The van der Waals surface area contributed by atoms with Crippen LogP contribution in [-0.2, 0) is 4.79 Å². The number of para-hydroxylation sites is 2. The number of carbonyl (C=O) groups excluding carboxylic acids is 1. The predicted molar refractivity (Wildman–Crippen MR) is 92.9 cm³/mol. The van der Waals surface area contributed by atoms with Gasteiger partial charge in [-0.05, 0) is 35.9 Å². The van der Waals surface area contributed by atoms with E-state index >= 15 is 0 Å². The Morgan fingerprint density at radius 3 is 2.55 bits per heavy atom. The average molecular weight is 315 g/mol. The van der Waals surface area contributed by atoms with E-state index < -0.39 is 0 Å². The summed E-state index contributed by atoms with van der Waals surface area (Å²) in [6, 6.07) is 15.6. The normalized spacial score (nSPS) is 10.5. The Bertz CT molecular complexity index is 640. The molecule has 0 heterocycles. The van der Waals surface area contributed by atoms with E-state index in [1.807, 2.05) is 54.8 Å². The second-order valence-corrected chi connectivity index (χ2v) is 6.08. The molecular formula is C18H21NO2S. The molecule has 2 aromatic rings. The lowest BCUT2D eigenvalue weighted by atomic mass is 10.0. The maximum atomic E-state index is 12.1. The average Bonchev–Trinajstić information content (AvgIpc) is 2.53. The Morgan fingerprint density at radius 1 is 1.14 bits per heavy atom. The highest BCUT2D eigenvalue weighted by Crippen LogP contribution is 2.26. The van der Waals surface area contributed by atoms with E-state index in [0.717, 1.165) is 21.9 Å². The number of carbonyl (C=O) groups is 1. The second-order valence-electron chi connectivity index (χ2n) is 5.23. The molecule has 1 amide bonds. The topological polar surface area (TPSA) is 38.3 Å². The maximum Gasteiger partial charge on any atom is 0.262 e. The van der Waals surface area contributed by atoms with Crippen LogP contribution in [0, 0.1) is 0 Å². The third-order valence-corrected chi connectivity index (χ3v) is 4.08. The summed E-state index contributed by atoms with van der Waals surface area (Å²) in [4.78, 5) is 13.1. The minimum absolute atomic E-state index is 0.00640. The number of nitrogens with one attached hydrogen (secondary N) is 1. The van der Waals surface area contributed by atoms with Gasteiger partial charge in [0.1, 0.15) is 5.75 Å². The minimum atomic E-state index is -0.153. The Labute approximate surface area is 136 Å². The van der Waals surface area contributed by atoms with Crippen molar-refractivity contribution in [3.63, 3.8) is 0 Å². The van der Waals surface area contributed by atoms with Gasteiger partial charge in [0.15, 0.2) is 6.61 Å². The minimum Gasteiger partial charge on any atom is -0.483 e. The quantitative estimate of drug-likeness (QED) is 0.795. The fourth-order valence-corrected chi connectivity index (χ4v) is 2.72. The monoisotopic (exact) mass is 315 g/mol. The first-order valence-corrected chi connectivity index (χ1v) is 8.49. The summed E-state index contributed by atoms with van der Waals surface area (Å²) < 4.78 is 5.69. The number of amides is 1. The van der Waals surface area contributed by atoms with Crippen LogP contribution in [0.25, 0.3) is 0 Å². The largest absolute Gasteiger partial charge is 0.483 e. The van der Waals surface area contributed by atoms with Crippen molar-refractivity contribution in [1.29, 1.82) is 0 Å². The molecular weight excluding hydrogens is 294 g/mol. The standard InChI is InChI=1S/C18H21NO2S/c1-13(2)14-8-4-6-10-16(14)21-12-18(20)19-15-9-5-7-11-17(15)22-3/h4-11,13H,12H2,1-3H3,(H,19,20). The second kappa shape index (κ2) is 7.90. The molecule has 0 aliphatic carbocycles. The van der Waals surface area contributed by atoms with Crippen LogP contribution in [0.3, 0.4) is 0 Å². The molecule has 22 heavy (non-hydrogen) atoms. The van der Waals surface area contributed by atoms with Crippen LogP contribution >= 0.6 is 11.8 Å². The molecule has 0 saturated heterocycles. The van der Waals surface area contributed by atoms with Crippen LogP contribution in [0.2, 0.25) is 0 Å². The van der Waals surface area contributed by atoms with E-state index in [0.29, 0.717) is 5.92 Å². The molecule has 2 aromatic carbocycles. The van der Waals surface area contributed by atoms with E-state index in [4.69, 9.17) is 4.74 Å². The predicted octanol–water partition coefficient (Wildman–Crippen LogP) is 4.55. The summed E-state index contributed by atoms with van der Waals surface area (Å²) in [5.41, 5.74) is 1.93. The Balaban J connectivity index is 1.99. The van der Waals surface area contributed by atoms with Gasteiger partial charge in [-0.3, -0.25) is 4.79 Å². The molecule has 0 aliphatic rings. The van der Waals surface area contributed by atoms with Crippen molar-refractivity contribution in [3.05, 3.63) is 54.1 Å². The number of rotatable bonds is 6. The van der Waals surface area contributed by atoms with Crippen LogP contribution in [0.1, 0.15) is 25.3 Å². The summed E-state index contributed by atoms with van der Waals surface area (Å²) in [7, 11) is 0. The number of hydrogen-bond acceptors (Lipinski definition) is 3. The molecule has 1 N–H and O–H groups in total. The zero-order valence-corrected chi connectivity index (χ0v) is 13.9. The van der Waals surface area contributed by atoms with E-state index in [1.165, 1.54) is 0 Å². The van der Waals surface area contributed by atoms with Crippen LogP contribution in [0.4, 0.5) is 5.69 Å². The fraction of sp³-hybridized carbons (Fsp3) is 0.278. The Morgan fingerprint density at radius 2 is 1.82 bits per heavy atom. The highest BCUT2D eigenvalue weighted by Gasteiger charge is 2.10. The van der Waals surface area contributed by atoms with Gasteiger partial charge >= 0.3 is 0 Å². The highest BCUT2D eigenvalue weighted by molar-refractivity contribution is 7.98. The first-order chi connectivity index (χ1) is 10.6. The first kappa shape index (κ1) is 16.4. The molecule has 116 valence electrons. The fourth-order valence-electron chi connectivity index (χ4n) is 2.17. The van der Waals surface area contributed by atoms with Gasteiger partial charge in [0.25, 0.3) is 5.91 Å². The molecule has 0 radical (unpaired) electrons. The molecule has 0 fully saturated rings. The number of anilines is 1. The van der Waals surface area contributed by atoms with Gasteiger partial charge in [0, 0.05) is 4.90 Å². The first-order valence-electron chi connectivity index (χ1n) is 7.26. The lowest BCUT2D eigenvalue weighted by Crippen LogP contribution is -2.21. The Hall–Kier alpha value is -1.94. The molecule has 0 atom stereocenters. The summed E-state index contributed by atoms with van der Waals surface area (Å²) in [6.45, 7) is 4.22. The molecule has 0 spiro atoms. The number of hydrogen-bond donors (Lipinski definition) is 1. The van der Waals surface area contributed by atoms with Gasteiger partial charge < -0.3 is 10.1 Å². The van der Waals surface area contributed by atoms with Crippen LogP contribution in [0.15, 0.2) is 53.4 Å². The van der Waals surface area contributed by atoms with Gasteiger partial charge in [0.2, 0.25) is 0 Å². The van der Waals surface area contributed by atoms with Crippen LogP contribution < -0.4 is 10.1 Å². The molecule has 0 bridgehead atoms. The molecule has 3 nitrogen and oxygen atoms in total. The van der Waals surface area contributed by atoms with Gasteiger partial charge in [-0.25, -0.2) is 0 Å². The third-order valence-electron chi connectivity index (χ3n) is 3.28. The zero-order valence-electron chi connectivity index (χ0n) is 13.1. The lowest BCUT2D eigenvalue weighted by Gasteiger charge is -2.14. The number of ether oxygens (including phenoxy) is 1. The van der Waals surface area contributed by atoms with Crippen LogP contribution in [0.5, 0.6) is 5.75 Å². The van der Waals surface area contributed by atoms with Crippen molar-refractivity contribution in [2.45, 2.75) is 24.7 Å². The summed E-state index contributed by atoms with van der Waals surface area (Å²) in [6.07, 6.45) is 1.99. The lowest BCUT2D eigenvalue weighted by molar-refractivity contribution is -0.118. The van der Waals surface area contributed by atoms with Crippen molar-refractivity contribution in [3.8, 4) is 5.75 Å².